The van der Waals surface area contributed by atoms with Gasteiger partial charge in [0.05, 0.1) is 11.6 Å². The van der Waals surface area contributed by atoms with Gasteiger partial charge in [0, 0.05) is 12.1 Å². The molecule has 1 saturated heterocycles. The molecule has 1 aliphatic rings. The minimum atomic E-state index is -0.638. The molecular weight excluding hydrogens is 398 g/mol. The fraction of sp³-hybridized carbons (Fsp3) is 0.214. The van der Waals surface area contributed by atoms with Crippen LogP contribution in [0, 0.1) is 6.92 Å². The second-order valence-corrected chi connectivity index (χ2v) is 8.19. The van der Waals surface area contributed by atoms with E-state index in [0.29, 0.717) is 18.5 Å². The van der Waals surface area contributed by atoms with Crippen molar-refractivity contribution >= 4 is 17.4 Å². The van der Waals surface area contributed by atoms with Crippen LogP contribution in [0.4, 0.5) is 0 Å². The first kappa shape index (κ1) is 21.6. The van der Waals surface area contributed by atoms with Gasteiger partial charge in [0.1, 0.15) is 5.76 Å². The number of likely N-dealkylation sites (tertiary alicyclic amines) is 1. The Hall–Kier alpha value is -3.66. The van der Waals surface area contributed by atoms with E-state index in [4.69, 9.17) is 0 Å². The van der Waals surface area contributed by atoms with Crippen molar-refractivity contribution in [1.29, 1.82) is 0 Å². The van der Waals surface area contributed by atoms with Gasteiger partial charge in [0.2, 0.25) is 0 Å². The van der Waals surface area contributed by atoms with Crippen LogP contribution in [0.3, 0.4) is 0 Å². The van der Waals surface area contributed by atoms with Gasteiger partial charge in [-0.2, -0.15) is 0 Å². The van der Waals surface area contributed by atoms with Crippen molar-refractivity contribution in [3.05, 3.63) is 112 Å². The molecule has 3 aromatic carbocycles. The van der Waals surface area contributed by atoms with Gasteiger partial charge in [-0.15, -0.1) is 0 Å². The molecule has 1 atom stereocenters. The number of amides is 1. The molecule has 4 nitrogen and oxygen atoms in total. The van der Waals surface area contributed by atoms with E-state index in [0.717, 1.165) is 23.1 Å². The van der Waals surface area contributed by atoms with Crippen molar-refractivity contribution < 1.29 is 14.7 Å². The van der Waals surface area contributed by atoms with E-state index in [1.807, 2.05) is 73.7 Å². The summed E-state index contributed by atoms with van der Waals surface area (Å²) in [6.07, 6.45) is 1.53. The summed E-state index contributed by atoms with van der Waals surface area (Å²) in [5.74, 6) is -1.34. The van der Waals surface area contributed by atoms with Crippen molar-refractivity contribution in [3.8, 4) is 0 Å². The predicted octanol–water partition coefficient (Wildman–Crippen LogP) is 5.22. The van der Waals surface area contributed by atoms with Gasteiger partial charge in [0.25, 0.3) is 11.7 Å². The molecule has 1 fully saturated rings. The zero-order chi connectivity index (χ0) is 22.7. The van der Waals surface area contributed by atoms with Crippen LogP contribution in [0.5, 0.6) is 0 Å². The summed E-state index contributed by atoms with van der Waals surface area (Å²) in [6, 6.07) is 24.5. The zero-order valence-corrected chi connectivity index (χ0v) is 18.4. The van der Waals surface area contributed by atoms with Crippen LogP contribution >= 0.6 is 0 Å². The predicted molar refractivity (Wildman–Crippen MR) is 126 cm³/mol. The minimum Gasteiger partial charge on any atom is -0.507 e. The van der Waals surface area contributed by atoms with E-state index >= 15 is 0 Å². The smallest absolute Gasteiger partial charge is 0.295 e. The third-order valence-electron chi connectivity index (χ3n) is 6.05. The Morgan fingerprint density at radius 1 is 0.875 bits per heavy atom. The maximum absolute atomic E-state index is 13.1. The lowest BCUT2D eigenvalue weighted by molar-refractivity contribution is -0.139. The maximum Gasteiger partial charge on any atom is 0.295 e. The van der Waals surface area contributed by atoms with Crippen LogP contribution in [0.25, 0.3) is 5.76 Å². The van der Waals surface area contributed by atoms with E-state index in [9.17, 15) is 14.7 Å². The molecule has 0 bridgehead atoms. The number of Topliss-reactive ketones (excluding diaryl/α,β-unsaturated/α-hetero) is 1. The Morgan fingerprint density at radius 2 is 1.53 bits per heavy atom. The molecule has 0 spiro atoms. The number of hydrogen-bond donors (Lipinski definition) is 1. The van der Waals surface area contributed by atoms with Gasteiger partial charge < -0.3 is 10.0 Å². The Labute approximate surface area is 188 Å². The van der Waals surface area contributed by atoms with Gasteiger partial charge >= 0.3 is 0 Å². The molecule has 0 saturated carbocycles. The Balaban J connectivity index is 1.77. The summed E-state index contributed by atoms with van der Waals surface area (Å²) in [4.78, 5) is 27.8. The summed E-state index contributed by atoms with van der Waals surface area (Å²) in [5.41, 5.74) is 4.82. The van der Waals surface area contributed by atoms with Gasteiger partial charge in [-0.1, -0.05) is 91.3 Å². The number of hydrogen-bond acceptors (Lipinski definition) is 3. The van der Waals surface area contributed by atoms with Crippen LogP contribution in [-0.4, -0.2) is 28.2 Å². The summed E-state index contributed by atoms with van der Waals surface area (Å²) in [6.45, 7) is 4.43. The molecule has 0 radical (unpaired) electrons. The van der Waals surface area contributed by atoms with E-state index in [-0.39, 0.29) is 11.3 Å². The van der Waals surface area contributed by atoms with Gasteiger partial charge in [0.15, 0.2) is 0 Å². The molecule has 4 rings (SSSR count). The molecule has 1 aliphatic heterocycles. The summed E-state index contributed by atoms with van der Waals surface area (Å²) >= 11 is 0. The first-order valence-corrected chi connectivity index (χ1v) is 11.0. The van der Waals surface area contributed by atoms with Gasteiger partial charge in [-0.3, -0.25) is 9.59 Å². The Morgan fingerprint density at radius 3 is 2.16 bits per heavy atom. The van der Waals surface area contributed by atoms with Crippen LogP contribution in [0.2, 0.25) is 0 Å². The molecule has 1 amide bonds. The highest BCUT2D eigenvalue weighted by molar-refractivity contribution is 6.46. The molecule has 0 aliphatic carbocycles. The van der Waals surface area contributed by atoms with E-state index in [1.54, 1.807) is 17.0 Å². The molecule has 4 heteroatoms. The zero-order valence-electron chi connectivity index (χ0n) is 18.4. The Kier molecular flexibility index (Phi) is 6.22. The molecule has 1 heterocycles. The molecule has 32 heavy (non-hydrogen) atoms. The fourth-order valence-corrected chi connectivity index (χ4v) is 4.15. The monoisotopic (exact) mass is 425 g/mol. The highest BCUT2D eigenvalue weighted by Crippen LogP contribution is 2.39. The number of aliphatic hydroxyl groups is 1. The third-order valence-corrected chi connectivity index (χ3v) is 6.05. The number of rotatable bonds is 6. The van der Waals surface area contributed by atoms with Crippen molar-refractivity contribution in [1.82, 2.24) is 4.90 Å². The van der Waals surface area contributed by atoms with Crippen molar-refractivity contribution in [2.75, 3.05) is 6.54 Å². The topological polar surface area (TPSA) is 57.6 Å². The lowest BCUT2D eigenvalue weighted by atomic mass is 9.94. The highest BCUT2D eigenvalue weighted by Gasteiger charge is 2.45. The number of ketones is 1. The van der Waals surface area contributed by atoms with Gasteiger partial charge in [-0.05, 0) is 36.5 Å². The fourth-order valence-electron chi connectivity index (χ4n) is 4.15. The molecule has 1 unspecified atom stereocenters. The standard InChI is InChI=1S/C28H27NO3/c1-3-20-11-15-22(16-12-20)25-24(26(30)23-13-9-19(2)10-14-23)27(31)28(32)29(25)18-17-21-7-5-4-6-8-21/h4-16,25,30H,3,17-18H2,1-2H3. The first-order chi connectivity index (χ1) is 15.5. The highest BCUT2D eigenvalue weighted by atomic mass is 16.3. The summed E-state index contributed by atoms with van der Waals surface area (Å²) < 4.78 is 0. The first-order valence-electron chi connectivity index (χ1n) is 11.0. The minimum absolute atomic E-state index is 0.130. The average molecular weight is 426 g/mol. The number of carbonyl (C=O) groups excluding carboxylic acids is 2. The molecular formula is C28H27NO3. The van der Waals surface area contributed by atoms with E-state index in [2.05, 4.69) is 6.92 Å². The van der Waals surface area contributed by atoms with Crippen molar-refractivity contribution in [2.24, 2.45) is 0 Å². The number of aryl methyl sites for hydroxylation is 2. The molecule has 1 N–H and O–H groups in total. The number of benzene rings is 3. The lowest BCUT2D eigenvalue weighted by Gasteiger charge is -2.25. The Bertz CT molecular complexity index is 1150. The number of aliphatic hydroxyl groups excluding tert-OH is 1. The molecule has 3 aromatic rings. The second-order valence-electron chi connectivity index (χ2n) is 8.19. The lowest BCUT2D eigenvalue weighted by Crippen LogP contribution is -2.31. The van der Waals surface area contributed by atoms with Crippen molar-refractivity contribution in [2.45, 2.75) is 32.7 Å². The van der Waals surface area contributed by atoms with Gasteiger partial charge in [-0.25, -0.2) is 0 Å². The molecule has 162 valence electrons. The summed E-state index contributed by atoms with van der Waals surface area (Å²) in [5, 5.41) is 11.1. The summed E-state index contributed by atoms with van der Waals surface area (Å²) in [7, 11) is 0. The maximum atomic E-state index is 13.1. The van der Waals surface area contributed by atoms with E-state index < -0.39 is 17.7 Å². The van der Waals surface area contributed by atoms with Crippen LogP contribution in [-0.2, 0) is 22.4 Å². The van der Waals surface area contributed by atoms with Crippen molar-refractivity contribution in [3.63, 3.8) is 0 Å². The normalized spacial score (nSPS) is 17.7. The number of carbonyl (C=O) groups is 2. The number of nitrogens with zero attached hydrogens (tertiary/aromatic N) is 1. The van der Waals surface area contributed by atoms with Crippen LogP contribution in [0.1, 0.15) is 40.8 Å². The second kappa shape index (κ2) is 9.23. The quantitative estimate of drug-likeness (QED) is 0.335. The largest absolute Gasteiger partial charge is 0.507 e. The van der Waals surface area contributed by atoms with Crippen LogP contribution in [0.15, 0.2) is 84.4 Å². The third kappa shape index (κ3) is 4.22. The molecule has 0 aromatic heterocycles. The van der Waals surface area contributed by atoms with E-state index in [1.165, 1.54) is 5.56 Å². The van der Waals surface area contributed by atoms with Crippen LogP contribution < -0.4 is 0 Å². The SMILES string of the molecule is CCc1ccc(C2C(=C(O)c3ccc(C)cc3)C(=O)C(=O)N2CCc2ccccc2)cc1. The average Bonchev–Trinajstić information content (AvgIpc) is 3.08.